The Morgan fingerprint density at radius 1 is 1.32 bits per heavy atom. The third kappa shape index (κ3) is 4.19. The van der Waals surface area contributed by atoms with Crippen LogP contribution in [0.3, 0.4) is 0 Å². The van der Waals surface area contributed by atoms with E-state index in [9.17, 15) is 0 Å². The summed E-state index contributed by atoms with van der Waals surface area (Å²) in [7, 11) is 0. The van der Waals surface area contributed by atoms with Gasteiger partial charge in [-0.1, -0.05) is 35.5 Å². The van der Waals surface area contributed by atoms with E-state index in [1.165, 1.54) is 0 Å². The van der Waals surface area contributed by atoms with Crippen LogP contribution in [0.1, 0.15) is 24.4 Å². The third-order valence-electron chi connectivity index (χ3n) is 2.92. The maximum atomic E-state index is 8.89. The van der Waals surface area contributed by atoms with Crippen LogP contribution in [-0.2, 0) is 6.54 Å². The van der Waals surface area contributed by atoms with E-state index in [1.54, 1.807) is 6.20 Å². The third-order valence-corrected chi connectivity index (χ3v) is 2.92. The van der Waals surface area contributed by atoms with Gasteiger partial charge in [-0.25, -0.2) is 0 Å². The van der Waals surface area contributed by atoms with E-state index in [1.807, 2.05) is 41.2 Å². The predicted octanol–water partition coefficient (Wildman–Crippen LogP) is 1.91. The molecular weight excluding hydrogens is 238 g/mol. The molecule has 0 aliphatic carbocycles. The zero-order valence-electron chi connectivity index (χ0n) is 10.7. The van der Waals surface area contributed by atoms with Gasteiger partial charge in [-0.05, 0) is 18.5 Å². The standard InChI is InChI=1S/C14H17N5/c15-8-7-14(13-5-2-1-3-6-13)16-9-4-11-19-12-10-17-18-19/h1-3,5-6,10,12,14,16H,4,7,9,11H2. The normalized spacial score (nSPS) is 11.9. The summed E-state index contributed by atoms with van der Waals surface area (Å²) in [6, 6.07) is 12.4. The van der Waals surface area contributed by atoms with Crippen molar-refractivity contribution in [3.8, 4) is 6.07 Å². The molecule has 5 nitrogen and oxygen atoms in total. The maximum Gasteiger partial charge on any atom is 0.0692 e. The summed E-state index contributed by atoms with van der Waals surface area (Å²) in [6.07, 6.45) is 4.96. The van der Waals surface area contributed by atoms with Crippen molar-refractivity contribution in [2.24, 2.45) is 0 Å². The summed E-state index contributed by atoms with van der Waals surface area (Å²) in [5, 5.41) is 20.0. The molecule has 0 radical (unpaired) electrons. The number of nitriles is 1. The Hall–Kier alpha value is -2.19. The average Bonchev–Trinajstić information content (AvgIpc) is 2.96. The van der Waals surface area contributed by atoms with Gasteiger partial charge in [0.05, 0.1) is 18.7 Å². The van der Waals surface area contributed by atoms with Gasteiger partial charge in [0.1, 0.15) is 0 Å². The number of nitrogens with one attached hydrogen (secondary N) is 1. The number of nitrogens with zero attached hydrogens (tertiary/aromatic N) is 4. The van der Waals surface area contributed by atoms with E-state index in [0.29, 0.717) is 6.42 Å². The summed E-state index contributed by atoms with van der Waals surface area (Å²) >= 11 is 0. The number of benzene rings is 1. The van der Waals surface area contributed by atoms with Gasteiger partial charge in [-0.2, -0.15) is 5.26 Å². The highest BCUT2D eigenvalue weighted by atomic mass is 15.4. The zero-order valence-corrected chi connectivity index (χ0v) is 10.7. The van der Waals surface area contributed by atoms with E-state index in [0.717, 1.165) is 25.1 Å². The first-order chi connectivity index (χ1) is 9.40. The molecule has 19 heavy (non-hydrogen) atoms. The molecular formula is C14H17N5. The molecule has 0 aliphatic heterocycles. The van der Waals surface area contributed by atoms with Crippen LogP contribution in [0.25, 0.3) is 0 Å². The summed E-state index contributed by atoms with van der Waals surface area (Å²) in [6.45, 7) is 1.68. The molecule has 0 saturated carbocycles. The summed E-state index contributed by atoms with van der Waals surface area (Å²) in [5.41, 5.74) is 1.16. The lowest BCUT2D eigenvalue weighted by Crippen LogP contribution is -2.23. The van der Waals surface area contributed by atoms with Crippen molar-refractivity contribution in [3.63, 3.8) is 0 Å². The molecule has 2 aromatic rings. The second-order valence-electron chi connectivity index (χ2n) is 4.30. The van der Waals surface area contributed by atoms with Crippen molar-refractivity contribution in [3.05, 3.63) is 48.3 Å². The van der Waals surface area contributed by atoms with Crippen LogP contribution in [0.2, 0.25) is 0 Å². The van der Waals surface area contributed by atoms with Gasteiger partial charge in [0, 0.05) is 18.8 Å². The highest BCUT2D eigenvalue weighted by molar-refractivity contribution is 5.19. The average molecular weight is 255 g/mol. The minimum Gasteiger partial charge on any atom is -0.309 e. The van der Waals surface area contributed by atoms with E-state index in [2.05, 4.69) is 21.7 Å². The molecule has 0 saturated heterocycles. The van der Waals surface area contributed by atoms with Crippen LogP contribution in [-0.4, -0.2) is 21.5 Å². The van der Waals surface area contributed by atoms with Crippen LogP contribution in [0.4, 0.5) is 0 Å². The van der Waals surface area contributed by atoms with E-state index in [4.69, 9.17) is 5.26 Å². The fraction of sp³-hybridized carbons (Fsp3) is 0.357. The molecule has 1 unspecified atom stereocenters. The Kier molecular flexibility index (Phi) is 5.08. The molecule has 2 rings (SSSR count). The van der Waals surface area contributed by atoms with Crippen LogP contribution in [0.5, 0.6) is 0 Å². The Morgan fingerprint density at radius 3 is 2.84 bits per heavy atom. The molecule has 1 aromatic carbocycles. The van der Waals surface area contributed by atoms with Crippen molar-refractivity contribution < 1.29 is 0 Å². The Labute approximate surface area is 112 Å². The highest BCUT2D eigenvalue weighted by Crippen LogP contribution is 2.15. The number of aryl methyl sites for hydroxylation is 1. The SMILES string of the molecule is N#CCC(NCCCn1ccnn1)c1ccccc1. The van der Waals surface area contributed by atoms with Crippen molar-refractivity contribution in [2.75, 3.05) is 6.54 Å². The minimum absolute atomic E-state index is 0.0990. The molecule has 0 fully saturated rings. The fourth-order valence-corrected chi connectivity index (χ4v) is 1.95. The lowest BCUT2D eigenvalue weighted by Gasteiger charge is -2.16. The molecule has 1 N–H and O–H groups in total. The van der Waals surface area contributed by atoms with E-state index in [-0.39, 0.29) is 6.04 Å². The van der Waals surface area contributed by atoms with Gasteiger partial charge < -0.3 is 5.32 Å². The van der Waals surface area contributed by atoms with Gasteiger partial charge in [-0.3, -0.25) is 4.68 Å². The lowest BCUT2D eigenvalue weighted by molar-refractivity contribution is 0.486. The smallest absolute Gasteiger partial charge is 0.0692 e. The van der Waals surface area contributed by atoms with E-state index >= 15 is 0 Å². The predicted molar refractivity (Wildman–Crippen MR) is 72.1 cm³/mol. The second-order valence-corrected chi connectivity index (χ2v) is 4.30. The monoisotopic (exact) mass is 255 g/mol. The summed E-state index contributed by atoms with van der Waals surface area (Å²) < 4.78 is 1.81. The Balaban J connectivity index is 1.79. The molecule has 1 atom stereocenters. The zero-order chi connectivity index (χ0) is 13.3. The first kappa shape index (κ1) is 13.2. The molecule has 5 heteroatoms. The van der Waals surface area contributed by atoms with Gasteiger partial charge in [0.25, 0.3) is 0 Å². The molecule has 0 amide bonds. The molecule has 0 bridgehead atoms. The first-order valence-corrected chi connectivity index (χ1v) is 6.39. The summed E-state index contributed by atoms with van der Waals surface area (Å²) in [4.78, 5) is 0. The molecule has 98 valence electrons. The second kappa shape index (κ2) is 7.29. The van der Waals surface area contributed by atoms with E-state index < -0.39 is 0 Å². The quantitative estimate of drug-likeness (QED) is 0.767. The Morgan fingerprint density at radius 2 is 2.16 bits per heavy atom. The lowest BCUT2D eigenvalue weighted by atomic mass is 10.0. The Bertz CT molecular complexity index is 500. The number of hydrogen-bond acceptors (Lipinski definition) is 4. The van der Waals surface area contributed by atoms with Crippen molar-refractivity contribution in [2.45, 2.75) is 25.4 Å². The number of aromatic nitrogens is 3. The minimum atomic E-state index is 0.0990. The molecule has 1 heterocycles. The van der Waals surface area contributed by atoms with Crippen LogP contribution >= 0.6 is 0 Å². The van der Waals surface area contributed by atoms with Gasteiger partial charge in [-0.15, -0.1) is 5.10 Å². The van der Waals surface area contributed by atoms with Gasteiger partial charge in [0.2, 0.25) is 0 Å². The van der Waals surface area contributed by atoms with Crippen molar-refractivity contribution in [1.82, 2.24) is 20.3 Å². The van der Waals surface area contributed by atoms with Crippen molar-refractivity contribution >= 4 is 0 Å². The first-order valence-electron chi connectivity index (χ1n) is 6.39. The molecule has 0 aliphatic rings. The van der Waals surface area contributed by atoms with Crippen molar-refractivity contribution in [1.29, 1.82) is 5.26 Å². The highest BCUT2D eigenvalue weighted by Gasteiger charge is 2.09. The molecule has 1 aromatic heterocycles. The fourth-order valence-electron chi connectivity index (χ4n) is 1.95. The molecule has 0 spiro atoms. The van der Waals surface area contributed by atoms with Gasteiger partial charge >= 0.3 is 0 Å². The van der Waals surface area contributed by atoms with Gasteiger partial charge in [0.15, 0.2) is 0 Å². The van der Waals surface area contributed by atoms with Crippen LogP contribution < -0.4 is 5.32 Å². The van der Waals surface area contributed by atoms with Crippen LogP contribution in [0, 0.1) is 11.3 Å². The number of hydrogen-bond donors (Lipinski definition) is 1. The largest absolute Gasteiger partial charge is 0.309 e. The topological polar surface area (TPSA) is 66.5 Å². The summed E-state index contributed by atoms with van der Waals surface area (Å²) in [5.74, 6) is 0. The maximum absolute atomic E-state index is 8.89. The van der Waals surface area contributed by atoms with Crippen LogP contribution in [0.15, 0.2) is 42.7 Å². The number of rotatable bonds is 7.